The van der Waals surface area contributed by atoms with Gasteiger partial charge in [0.25, 0.3) is 0 Å². The first-order valence-electron chi connectivity index (χ1n) is 5.83. The van der Waals surface area contributed by atoms with E-state index in [1.54, 1.807) is 7.11 Å². The van der Waals surface area contributed by atoms with E-state index in [1.807, 2.05) is 0 Å². The van der Waals surface area contributed by atoms with Crippen LogP contribution in [0.2, 0.25) is 0 Å². The summed E-state index contributed by atoms with van der Waals surface area (Å²) in [7, 11) is 1.75. The van der Waals surface area contributed by atoms with E-state index < -0.39 is 0 Å². The normalized spacial score (nSPS) is 37.8. The van der Waals surface area contributed by atoms with Crippen LogP contribution in [-0.2, 0) is 14.2 Å². The van der Waals surface area contributed by atoms with Crippen LogP contribution >= 0.6 is 0 Å². The topological polar surface area (TPSA) is 39.7 Å². The Bertz CT molecular complexity index is 188. The minimum Gasteiger partial charge on any atom is -0.383 e. The summed E-state index contributed by atoms with van der Waals surface area (Å²) in [5.74, 6) is 0. The molecule has 0 amide bonds. The van der Waals surface area contributed by atoms with E-state index >= 15 is 0 Å². The Morgan fingerprint density at radius 1 is 1.33 bits per heavy atom. The summed E-state index contributed by atoms with van der Waals surface area (Å²) in [6.45, 7) is 3.27. The second-order valence-corrected chi connectivity index (χ2v) is 4.39. The molecule has 2 aliphatic heterocycles. The van der Waals surface area contributed by atoms with Gasteiger partial charge in [0.1, 0.15) is 5.72 Å². The molecule has 0 aromatic rings. The third-order valence-electron chi connectivity index (χ3n) is 3.20. The highest BCUT2D eigenvalue weighted by atomic mass is 16.5. The highest BCUT2D eigenvalue weighted by molar-refractivity contribution is 4.87. The van der Waals surface area contributed by atoms with Gasteiger partial charge in [-0.05, 0) is 19.3 Å². The second kappa shape index (κ2) is 5.25. The van der Waals surface area contributed by atoms with Crippen molar-refractivity contribution in [3.63, 3.8) is 0 Å². The van der Waals surface area contributed by atoms with E-state index in [9.17, 15) is 0 Å². The molecule has 0 bridgehead atoms. The van der Waals surface area contributed by atoms with Crippen LogP contribution in [0.1, 0.15) is 25.7 Å². The van der Waals surface area contributed by atoms with Crippen molar-refractivity contribution in [2.45, 2.75) is 37.5 Å². The predicted octanol–water partition coefficient (Wildman–Crippen LogP) is 0.908. The molecular formula is C11H21NO3. The fourth-order valence-corrected chi connectivity index (χ4v) is 2.42. The molecule has 2 rings (SSSR count). The molecule has 0 saturated carbocycles. The number of methoxy groups -OCH3 is 1. The molecule has 1 N–H and O–H groups in total. The van der Waals surface area contributed by atoms with Crippen LogP contribution in [0.25, 0.3) is 0 Å². The average Bonchev–Trinajstić information content (AvgIpc) is 2.45. The first-order valence-corrected chi connectivity index (χ1v) is 5.83. The number of hydrogen-bond donors (Lipinski definition) is 1. The smallest absolute Gasteiger partial charge is 0.121 e. The summed E-state index contributed by atoms with van der Waals surface area (Å²) in [6, 6.07) is 0.432. The monoisotopic (exact) mass is 215 g/mol. The third-order valence-corrected chi connectivity index (χ3v) is 3.20. The number of ether oxygens (including phenoxy) is 3. The van der Waals surface area contributed by atoms with Gasteiger partial charge in [-0.2, -0.15) is 0 Å². The number of nitrogens with one attached hydrogen (secondary N) is 1. The van der Waals surface area contributed by atoms with Crippen LogP contribution in [0, 0.1) is 0 Å². The van der Waals surface area contributed by atoms with E-state index in [-0.39, 0.29) is 5.72 Å². The van der Waals surface area contributed by atoms with Crippen LogP contribution in [0.5, 0.6) is 0 Å². The zero-order valence-electron chi connectivity index (χ0n) is 9.46. The van der Waals surface area contributed by atoms with Gasteiger partial charge in [-0.25, -0.2) is 0 Å². The largest absolute Gasteiger partial charge is 0.383 e. The fourth-order valence-electron chi connectivity index (χ4n) is 2.42. The zero-order valence-corrected chi connectivity index (χ0v) is 9.46. The lowest BCUT2D eigenvalue weighted by Crippen LogP contribution is -2.58. The number of rotatable bonds is 2. The molecule has 2 aliphatic rings. The van der Waals surface area contributed by atoms with E-state index in [4.69, 9.17) is 14.2 Å². The molecule has 4 nitrogen and oxygen atoms in total. The lowest BCUT2D eigenvalue weighted by Gasteiger charge is -2.41. The Morgan fingerprint density at radius 2 is 2.27 bits per heavy atom. The molecule has 0 radical (unpaired) electrons. The molecule has 4 heteroatoms. The fraction of sp³-hybridized carbons (Fsp3) is 1.00. The van der Waals surface area contributed by atoms with Crippen molar-refractivity contribution in [3.05, 3.63) is 0 Å². The molecule has 0 aromatic heterocycles. The molecule has 0 aliphatic carbocycles. The summed E-state index contributed by atoms with van der Waals surface area (Å²) in [6.07, 6.45) is 4.11. The zero-order chi connectivity index (χ0) is 10.6. The van der Waals surface area contributed by atoms with Gasteiger partial charge in [0, 0.05) is 26.2 Å². The summed E-state index contributed by atoms with van der Waals surface area (Å²) >= 11 is 0. The van der Waals surface area contributed by atoms with Crippen molar-refractivity contribution in [2.75, 3.05) is 33.5 Å². The minimum absolute atomic E-state index is 0.141. The molecule has 1 spiro atoms. The van der Waals surface area contributed by atoms with Crippen molar-refractivity contribution < 1.29 is 14.2 Å². The molecule has 2 saturated heterocycles. The highest BCUT2D eigenvalue weighted by Crippen LogP contribution is 2.27. The summed E-state index contributed by atoms with van der Waals surface area (Å²) in [5.41, 5.74) is -0.141. The first-order chi connectivity index (χ1) is 7.35. The van der Waals surface area contributed by atoms with Crippen molar-refractivity contribution in [1.82, 2.24) is 5.32 Å². The van der Waals surface area contributed by atoms with Crippen LogP contribution in [0.4, 0.5) is 0 Å². The molecule has 2 atom stereocenters. The van der Waals surface area contributed by atoms with Crippen molar-refractivity contribution in [1.29, 1.82) is 0 Å². The Balaban J connectivity index is 1.93. The SMILES string of the molecule is COCC1CCOC2(CCCOCC2)N1. The van der Waals surface area contributed by atoms with Gasteiger partial charge in [0.15, 0.2) is 0 Å². The molecule has 2 heterocycles. The van der Waals surface area contributed by atoms with Crippen LogP contribution in [0.3, 0.4) is 0 Å². The summed E-state index contributed by atoms with van der Waals surface area (Å²) in [4.78, 5) is 0. The van der Waals surface area contributed by atoms with Crippen LogP contribution in [0.15, 0.2) is 0 Å². The quantitative estimate of drug-likeness (QED) is 0.743. The van der Waals surface area contributed by atoms with Gasteiger partial charge in [-0.3, -0.25) is 5.32 Å². The van der Waals surface area contributed by atoms with Gasteiger partial charge >= 0.3 is 0 Å². The maximum atomic E-state index is 5.92. The summed E-state index contributed by atoms with van der Waals surface area (Å²) in [5, 5.41) is 3.58. The molecule has 0 aromatic carbocycles. The maximum Gasteiger partial charge on any atom is 0.121 e. The minimum atomic E-state index is -0.141. The molecule has 2 unspecified atom stereocenters. The third kappa shape index (κ3) is 2.91. The van der Waals surface area contributed by atoms with Gasteiger partial charge in [-0.15, -0.1) is 0 Å². The lowest BCUT2D eigenvalue weighted by molar-refractivity contribution is -0.126. The Kier molecular flexibility index (Phi) is 3.97. The van der Waals surface area contributed by atoms with Gasteiger partial charge in [-0.1, -0.05) is 0 Å². The standard InChI is InChI=1S/C11H21NO3/c1-13-9-10-3-7-15-11(12-10)4-2-6-14-8-5-11/h10,12H,2-9H2,1H3. The molecule has 88 valence electrons. The van der Waals surface area contributed by atoms with Crippen LogP contribution < -0.4 is 5.32 Å². The Hall–Kier alpha value is -0.160. The van der Waals surface area contributed by atoms with Crippen LogP contribution in [-0.4, -0.2) is 45.3 Å². The van der Waals surface area contributed by atoms with Crippen molar-refractivity contribution >= 4 is 0 Å². The second-order valence-electron chi connectivity index (χ2n) is 4.39. The highest BCUT2D eigenvalue weighted by Gasteiger charge is 2.37. The van der Waals surface area contributed by atoms with E-state index in [2.05, 4.69) is 5.32 Å². The molecular weight excluding hydrogens is 194 g/mol. The Labute approximate surface area is 91.3 Å². The van der Waals surface area contributed by atoms with Crippen molar-refractivity contribution in [3.8, 4) is 0 Å². The molecule has 2 fully saturated rings. The maximum absolute atomic E-state index is 5.92. The Morgan fingerprint density at radius 3 is 3.13 bits per heavy atom. The summed E-state index contributed by atoms with van der Waals surface area (Å²) < 4.78 is 16.6. The first kappa shape index (κ1) is 11.3. The average molecular weight is 215 g/mol. The van der Waals surface area contributed by atoms with E-state index in [0.717, 1.165) is 52.1 Å². The predicted molar refractivity (Wildman–Crippen MR) is 56.8 cm³/mol. The van der Waals surface area contributed by atoms with Crippen molar-refractivity contribution in [2.24, 2.45) is 0 Å². The lowest BCUT2D eigenvalue weighted by atomic mass is 10.00. The van der Waals surface area contributed by atoms with Gasteiger partial charge in [0.2, 0.25) is 0 Å². The van der Waals surface area contributed by atoms with E-state index in [0.29, 0.717) is 6.04 Å². The number of hydrogen-bond acceptors (Lipinski definition) is 4. The van der Waals surface area contributed by atoms with Gasteiger partial charge < -0.3 is 14.2 Å². The van der Waals surface area contributed by atoms with E-state index in [1.165, 1.54) is 0 Å². The van der Waals surface area contributed by atoms with Gasteiger partial charge in [0.05, 0.1) is 19.8 Å². The molecule has 15 heavy (non-hydrogen) atoms.